The van der Waals surface area contributed by atoms with E-state index in [9.17, 15) is 12.8 Å². The van der Waals surface area contributed by atoms with Crippen LogP contribution in [0.5, 0.6) is 0 Å². The molecule has 0 atom stereocenters. The first-order chi connectivity index (χ1) is 6.98. The fourth-order valence-electron chi connectivity index (χ4n) is 1.53. The summed E-state index contributed by atoms with van der Waals surface area (Å²) in [7, 11) is -0.258. The molecule has 0 aromatic heterocycles. The molecule has 0 N–H and O–H groups in total. The van der Waals surface area contributed by atoms with Gasteiger partial charge in [0, 0.05) is 46.8 Å². The largest absolute Gasteiger partial charge is 0.298 e. The van der Waals surface area contributed by atoms with E-state index in [2.05, 4.69) is 0 Å². The van der Waals surface area contributed by atoms with Crippen LogP contribution in [0, 0.1) is 0 Å². The summed E-state index contributed by atoms with van der Waals surface area (Å²) in [4.78, 5) is 1.93. The predicted octanol–water partition coefficient (Wildman–Crippen LogP) is -0.620. The van der Waals surface area contributed by atoms with Crippen LogP contribution in [0.4, 0.5) is 4.39 Å². The van der Waals surface area contributed by atoms with E-state index < -0.39 is 10.2 Å². The fourth-order valence-corrected chi connectivity index (χ4v) is 2.62. The van der Waals surface area contributed by atoms with Gasteiger partial charge in [-0.05, 0) is 0 Å². The van der Waals surface area contributed by atoms with Crippen molar-refractivity contribution in [3.63, 3.8) is 0 Å². The smallest absolute Gasteiger partial charge is 0.281 e. The van der Waals surface area contributed by atoms with Crippen molar-refractivity contribution in [1.82, 2.24) is 13.5 Å². The minimum absolute atomic E-state index is 0.375. The maximum Gasteiger partial charge on any atom is 0.281 e. The molecule has 0 unspecified atom stereocenters. The first-order valence-electron chi connectivity index (χ1n) is 4.94. The van der Waals surface area contributed by atoms with E-state index in [1.807, 2.05) is 4.90 Å². The van der Waals surface area contributed by atoms with Gasteiger partial charge in [-0.3, -0.25) is 4.90 Å². The minimum atomic E-state index is -3.29. The van der Waals surface area contributed by atoms with E-state index in [0.29, 0.717) is 32.7 Å². The average Bonchev–Trinajstić information content (AvgIpc) is 2.19. The molecule has 15 heavy (non-hydrogen) atoms. The summed E-state index contributed by atoms with van der Waals surface area (Å²) in [6.07, 6.45) is 0. The molecule has 1 aliphatic rings. The Bertz CT molecular complexity index is 286. The van der Waals surface area contributed by atoms with Crippen LogP contribution in [0.3, 0.4) is 0 Å². The number of nitrogens with zero attached hydrogens (tertiary/aromatic N) is 3. The van der Waals surface area contributed by atoms with Gasteiger partial charge in [0.05, 0.1) is 0 Å². The number of halogens is 1. The zero-order chi connectivity index (χ0) is 11.5. The lowest BCUT2D eigenvalue weighted by Crippen LogP contribution is -2.51. The lowest BCUT2D eigenvalue weighted by atomic mass is 10.4. The van der Waals surface area contributed by atoms with E-state index in [1.54, 1.807) is 0 Å². The zero-order valence-corrected chi connectivity index (χ0v) is 10.0. The summed E-state index contributed by atoms with van der Waals surface area (Å²) in [5.74, 6) is 0. The molecule has 1 aliphatic heterocycles. The molecule has 0 bridgehead atoms. The molecular weight excluding hydrogens is 221 g/mol. The van der Waals surface area contributed by atoms with E-state index >= 15 is 0 Å². The van der Waals surface area contributed by atoms with Crippen molar-refractivity contribution >= 4 is 10.2 Å². The number of rotatable bonds is 4. The topological polar surface area (TPSA) is 43.9 Å². The van der Waals surface area contributed by atoms with E-state index in [-0.39, 0.29) is 6.67 Å². The van der Waals surface area contributed by atoms with Crippen molar-refractivity contribution in [2.45, 2.75) is 0 Å². The second-order valence-corrected chi connectivity index (χ2v) is 5.86. The molecule has 7 heteroatoms. The highest BCUT2D eigenvalue weighted by atomic mass is 32.2. The normalized spacial score (nSPS) is 21.1. The Morgan fingerprint density at radius 1 is 1.20 bits per heavy atom. The van der Waals surface area contributed by atoms with E-state index in [1.165, 1.54) is 22.7 Å². The van der Waals surface area contributed by atoms with Gasteiger partial charge in [-0.25, -0.2) is 4.39 Å². The predicted molar refractivity (Wildman–Crippen MR) is 56.6 cm³/mol. The van der Waals surface area contributed by atoms with Crippen LogP contribution in [0.1, 0.15) is 0 Å². The number of hydrogen-bond acceptors (Lipinski definition) is 3. The molecule has 0 aliphatic carbocycles. The zero-order valence-electron chi connectivity index (χ0n) is 9.19. The van der Waals surface area contributed by atoms with Crippen molar-refractivity contribution in [3.8, 4) is 0 Å². The molecule has 1 rings (SSSR count). The van der Waals surface area contributed by atoms with E-state index in [0.717, 1.165) is 0 Å². The molecule has 0 radical (unpaired) electrons. The second-order valence-electron chi connectivity index (χ2n) is 3.72. The van der Waals surface area contributed by atoms with Crippen molar-refractivity contribution < 1.29 is 12.8 Å². The third kappa shape index (κ3) is 3.10. The van der Waals surface area contributed by atoms with Gasteiger partial charge in [0.25, 0.3) is 10.2 Å². The highest BCUT2D eigenvalue weighted by Crippen LogP contribution is 2.09. The third-order valence-electron chi connectivity index (χ3n) is 2.52. The van der Waals surface area contributed by atoms with Crippen LogP contribution in [0.15, 0.2) is 0 Å². The summed E-state index contributed by atoms with van der Waals surface area (Å²) in [5.41, 5.74) is 0. The quantitative estimate of drug-likeness (QED) is 0.657. The van der Waals surface area contributed by atoms with Gasteiger partial charge in [-0.2, -0.15) is 17.0 Å². The summed E-state index contributed by atoms with van der Waals surface area (Å²) >= 11 is 0. The van der Waals surface area contributed by atoms with Crippen LogP contribution < -0.4 is 0 Å². The second kappa shape index (κ2) is 5.20. The van der Waals surface area contributed by atoms with Crippen molar-refractivity contribution in [2.24, 2.45) is 0 Å². The molecular formula is C8H18FN3O2S. The van der Waals surface area contributed by atoms with Gasteiger partial charge in [0.2, 0.25) is 0 Å². The maximum absolute atomic E-state index is 12.1. The first kappa shape index (κ1) is 12.8. The summed E-state index contributed by atoms with van der Waals surface area (Å²) < 4.78 is 38.1. The molecule has 1 heterocycles. The molecule has 0 amide bonds. The SMILES string of the molecule is CN(C)S(=O)(=O)N1CCN(CCF)CC1. The van der Waals surface area contributed by atoms with Crippen molar-refractivity contribution in [1.29, 1.82) is 0 Å². The number of piperazine rings is 1. The molecule has 5 nitrogen and oxygen atoms in total. The van der Waals surface area contributed by atoms with Gasteiger partial charge < -0.3 is 0 Å². The third-order valence-corrected chi connectivity index (χ3v) is 4.46. The van der Waals surface area contributed by atoms with Gasteiger partial charge in [-0.1, -0.05) is 0 Å². The Hall–Kier alpha value is -0.240. The standard InChI is InChI=1S/C8H18FN3O2S/c1-10(2)15(13,14)12-7-5-11(4-3-9)6-8-12/h3-8H2,1-2H3. The lowest BCUT2D eigenvalue weighted by molar-refractivity contribution is 0.173. The molecule has 1 saturated heterocycles. The Labute approximate surface area is 90.6 Å². The van der Waals surface area contributed by atoms with Crippen LogP contribution in [-0.2, 0) is 10.2 Å². The Balaban J connectivity index is 2.51. The van der Waals surface area contributed by atoms with E-state index in [4.69, 9.17) is 0 Å². The van der Waals surface area contributed by atoms with Gasteiger partial charge in [0.1, 0.15) is 6.67 Å². The Morgan fingerprint density at radius 2 is 1.73 bits per heavy atom. The fraction of sp³-hybridized carbons (Fsp3) is 1.00. The monoisotopic (exact) mass is 239 g/mol. The number of hydrogen-bond donors (Lipinski definition) is 0. The van der Waals surface area contributed by atoms with Crippen LogP contribution >= 0.6 is 0 Å². The minimum Gasteiger partial charge on any atom is -0.298 e. The highest BCUT2D eigenvalue weighted by Gasteiger charge is 2.28. The van der Waals surface area contributed by atoms with Crippen molar-refractivity contribution in [3.05, 3.63) is 0 Å². The lowest BCUT2D eigenvalue weighted by Gasteiger charge is -2.34. The first-order valence-corrected chi connectivity index (χ1v) is 6.34. The van der Waals surface area contributed by atoms with Gasteiger partial charge in [-0.15, -0.1) is 0 Å². The van der Waals surface area contributed by atoms with Gasteiger partial charge in [0.15, 0.2) is 0 Å². The molecule has 0 saturated carbocycles. The van der Waals surface area contributed by atoms with Crippen molar-refractivity contribution in [2.75, 3.05) is 53.5 Å². The summed E-state index contributed by atoms with van der Waals surface area (Å²) in [6.45, 7) is 2.13. The molecule has 1 fully saturated rings. The highest BCUT2D eigenvalue weighted by molar-refractivity contribution is 7.86. The van der Waals surface area contributed by atoms with Crippen LogP contribution in [0.2, 0.25) is 0 Å². The Kier molecular flexibility index (Phi) is 4.45. The van der Waals surface area contributed by atoms with Crippen LogP contribution in [0.25, 0.3) is 0 Å². The molecule has 0 aromatic carbocycles. The summed E-state index contributed by atoms with van der Waals surface area (Å²) in [6, 6.07) is 0. The molecule has 0 aromatic rings. The molecule has 0 spiro atoms. The average molecular weight is 239 g/mol. The maximum atomic E-state index is 12.1. The summed E-state index contributed by atoms with van der Waals surface area (Å²) in [5, 5.41) is 0. The number of alkyl halides is 1. The molecule has 90 valence electrons. The van der Waals surface area contributed by atoms with Gasteiger partial charge >= 0.3 is 0 Å². The van der Waals surface area contributed by atoms with Crippen LogP contribution in [-0.4, -0.2) is 75.4 Å². The Morgan fingerprint density at radius 3 is 2.13 bits per heavy atom.